The third-order valence-electron chi connectivity index (χ3n) is 2.67. The number of aromatic nitrogens is 2. The summed E-state index contributed by atoms with van der Waals surface area (Å²) in [6, 6.07) is 8.07. The lowest BCUT2D eigenvalue weighted by Crippen LogP contribution is -2.25. The predicted octanol–water partition coefficient (Wildman–Crippen LogP) is 3.31. The Morgan fingerprint density at radius 2 is 2.06 bits per heavy atom. The van der Waals surface area contributed by atoms with Gasteiger partial charge >= 0.3 is 0 Å². The van der Waals surface area contributed by atoms with Gasteiger partial charge in [-0.25, -0.2) is 0 Å². The normalized spacial score (nSPS) is 11.7. The Morgan fingerprint density at radius 1 is 1.29 bits per heavy atom. The van der Waals surface area contributed by atoms with Gasteiger partial charge in [0, 0.05) is 23.2 Å². The third kappa shape index (κ3) is 2.86. The van der Waals surface area contributed by atoms with Crippen LogP contribution in [0.25, 0.3) is 10.8 Å². The molecule has 2 aromatic rings. The lowest BCUT2D eigenvalue weighted by molar-refractivity contribution is 0.449. The molecule has 0 atom stereocenters. The van der Waals surface area contributed by atoms with Crippen LogP contribution in [0.15, 0.2) is 30.5 Å². The number of fused-ring (bicyclic) bond motifs is 1. The van der Waals surface area contributed by atoms with Crippen molar-refractivity contribution >= 4 is 28.2 Å². The van der Waals surface area contributed by atoms with Crippen molar-refractivity contribution in [3.05, 3.63) is 30.5 Å². The summed E-state index contributed by atoms with van der Waals surface area (Å²) >= 11 is 5.90. The minimum atomic E-state index is 0.0418. The number of nitrogens with one attached hydrogen (secondary N) is 1. The zero-order valence-electron chi connectivity index (χ0n) is 10.1. The Labute approximate surface area is 106 Å². The number of hydrogen-bond acceptors (Lipinski definition) is 3. The smallest absolute Gasteiger partial charge is 0.156 e. The molecule has 2 rings (SSSR count). The van der Waals surface area contributed by atoms with Crippen LogP contribution < -0.4 is 5.32 Å². The van der Waals surface area contributed by atoms with E-state index in [4.69, 9.17) is 11.6 Å². The molecule has 4 heteroatoms. The second kappa shape index (κ2) is 4.88. The molecule has 0 bridgehead atoms. The predicted molar refractivity (Wildman–Crippen MR) is 72.5 cm³/mol. The Kier molecular flexibility index (Phi) is 3.48. The lowest BCUT2D eigenvalue weighted by atomic mass is 9.96. The van der Waals surface area contributed by atoms with E-state index in [2.05, 4.69) is 29.4 Å². The van der Waals surface area contributed by atoms with Gasteiger partial charge in [-0.1, -0.05) is 38.1 Å². The fourth-order valence-corrected chi connectivity index (χ4v) is 1.62. The van der Waals surface area contributed by atoms with E-state index in [1.807, 2.05) is 24.3 Å². The van der Waals surface area contributed by atoms with Crippen LogP contribution in [0, 0.1) is 5.41 Å². The van der Waals surface area contributed by atoms with Crippen molar-refractivity contribution in [2.24, 2.45) is 5.41 Å². The lowest BCUT2D eigenvalue weighted by Gasteiger charge is -2.22. The van der Waals surface area contributed by atoms with Gasteiger partial charge in [-0.05, 0) is 5.41 Å². The SMILES string of the molecule is CC(C)(CCl)CNc1nncc2ccccc12. The zero-order chi connectivity index (χ0) is 12.3. The van der Waals surface area contributed by atoms with Gasteiger partial charge in [0.25, 0.3) is 0 Å². The van der Waals surface area contributed by atoms with Crippen LogP contribution in [-0.4, -0.2) is 22.6 Å². The summed E-state index contributed by atoms with van der Waals surface area (Å²) in [6.07, 6.45) is 1.77. The summed E-state index contributed by atoms with van der Waals surface area (Å²) < 4.78 is 0. The number of rotatable bonds is 4. The van der Waals surface area contributed by atoms with E-state index in [-0.39, 0.29) is 5.41 Å². The average molecular weight is 250 g/mol. The zero-order valence-corrected chi connectivity index (χ0v) is 10.8. The first-order chi connectivity index (χ1) is 8.12. The molecular weight excluding hydrogens is 234 g/mol. The van der Waals surface area contributed by atoms with E-state index in [0.29, 0.717) is 5.88 Å². The Balaban J connectivity index is 2.24. The second-order valence-corrected chi connectivity index (χ2v) is 5.20. The molecule has 0 saturated carbocycles. The van der Waals surface area contributed by atoms with E-state index in [0.717, 1.165) is 23.1 Å². The summed E-state index contributed by atoms with van der Waals surface area (Å²) in [6.45, 7) is 5.01. The molecule has 1 N–H and O–H groups in total. The van der Waals surface area contributed by atoms with Gasteiger partial charge in [-0.15, -0.1) is 16.7 Å². The Bertz CT molecular complexity index is 505. The van der Waals surface area contributed by atoms with Crippen molar-refractivity contribution in [3.63, 3.8) is 0 Å². The standard InChI is InChI=1S/C13H16ClN3/c1-13(2,8-14)9-15-12-11-6-4-3-5-10(11)7-16-17-12/h3-7H,8-9H2,1-2H3,(H,15,17). The number of nitrogens with zero attached hydrogens (tertiary/aromatic N) is 2. The van der Waals surface area contributed by atoms with Gasteiger partial charge in [0.1, 0.15) is 0 Å². The van der Waals surface area contributed by atoms with Gasteiger partial charge in [0.15, 0.2) is 5.82 Å². The second-order valence-electron chi connectivity index (χ2n) is 4.93. The van der Waals surface area contributed by atoms with E-state index < -0.39 is 0 Å². The van der Waals surface area contributed by atoms with Crippen molar-refractivity contribution in [1.82, 2.24) is 10.2 Å². The highest BCUT2D eigenvalue weighted by Gasteiger charge is 2.16. The highest BCUT2D eigenvalue weighted by atomic mass is 35.5. The molecule has 3 nitrogen and oxygen atoms in total. The first-order valence-corrected chi connectivity index (χ1v) is 6.16. The van der Waals surface area contributed by atoms with Crippen LogP contribution >= 0.6 is 11.6 Å². The van der Waals surface area contributed by atoms with Crippen molar-refractivity contribution in [2.75, 3.05) is 17.7 Å². The maximum atomic E-state index is 5.90. The molecule has 0 aliphatic heterocycles. The van der Waals surface area contributed by atoms with E-state index in [9.17, 15) is 0 Å². The van der Waals surface area contributed by atoms with E-state index >= 15 is 0 Å². The number of anilines is 1. The molecule has 0 unspecified atom stereocenters. The fraction of sp³-hybridized carbons (Fsp3) is 0.385. The maximum Gasteiger partial charge on any atom is 0.156 e. The first-order valence-electron chi connectivity index (χ1n) is 5.63. The summed E-state index contributed by atoms with van der Waals surface area (Å²) in [5, 5.41) is 13.6. The largest absolute Gasteiger partial charge is 0.367 e. The molecule has 1 aromatic carbocycles. The summed E-state index contributed by atoms with van der Waals surface area (Å²) in [5.41, 5.74) is 0.0418. The van der Waals surface area contributed by atoms with Gasteiger partial charge in [-0.3, -0.25) is 0 Å². The Morgan fingerprint density at radius 3 is 2.82 bits per heavy atom. The molecule has 17 heavy (non-hydrogen) atoms. The molecule has 0 radical (unpaired) electrons. The molecule has 0 aliphatic rings. The number of alkyl halides is 1. The van der Waals surface area contributed by atoms with Gasteiger partial charge in [0.2, 0.25) is 0 Å². The minimum absolute atomic E-state index is 0.0418. The van der Waals surface area contributed by atoms with Crippen molar-refractivity contribution in [1.29, 1.82) is 0 Å². The van der Waals surface area contributed by atoms with Crippen LogP contribution in [0.2, 0.25) is 0 Å². The topological polar surface area (TPSA) is 37.8 Å². The average Bonchev–Trinajstić information content (AvgIpc) is 2.36. The van der Waals surface area contributed by atoms with Gasteiger partial charge in [0.05, 0.1) is 6.20 Å². The molecule has 1 aromatic heterocycles. The quantitative estimate of drug-likeness (QED) is 0.845. The van der Waals surface area contributed by atoms with Crippen LogP contribution in [0.5, 0.6) is 0 Å². The van der Waals surface area contributed by atoms with Gasteiger partial charge in [-0.2, -0.15) is 5.10 Å². The molecule has 90 valence electrons. The fourth-order valence-electron chi connectivity index (χ4n) is 1.53. The van der Waals surface area contributed by atoms with Crippen LogP contribution in [0.3, 0.4) is 0 Å². The van der Waals surface area contributed by atoms with Crippen molar-refractivity contribution in [3.8, 4) is 0 Å². The Hall–Kier alpha value is -1.35. The van der Waals surface area contributed by atoms with Crippen LogP contribution in [-0.2, 0) is 0 Å². The van der Waals surface area contributed by atoms with Crippen LogP contribution in [0.4, 0.5) is 5.82 Å². The summed E-state index contributed by atoms with van der Waals surface area (Å²) in [5.74, 6) is 1.43. The highest BCUT2D eigenvalue weighted by Crippen LogP contribution is 2.22. The number of hydrogen-bond donors (Lipinski definition) is 1. The highest BCUT2D eigenvalue weighted by molar-refractivity contribution is 6.18. The van der Waals surface area contributed by atoms with Crippen molar-refractivity contribution < 1.29 is 0 Å². The third-order valence-corrected chi connectivity index (χ3v) is 3.39. The summed E-state index contributed by atoms with van der Waals surface area (Å²) in [4.78, 5) is 0. The first kappa shape index (κ1) is 12.1. The number of halogens is 1. The molecule has 0 spiro atoms. The molecule has 0 fully saturated rings. The molecule has 0 amide bonds. The monoisotopic (exact) mass is 249 g/mol. The van der Waals surface area contributed by atoms with Crippen LogP contribution in [0.1, 0.15) is 13.8 Å². The molecule has 0 saturated heterocycles. The summed E-state index contributed by atoms with van der Waals surface area (Å²) in [7, 11) is 0. The maximum absolute atomic E-state index is 5.90. The van der Waals surface area contributed by atoms with Crippen molar-refractivity contribution in [2.45, 2.75) is 13.8 Å². The minimum Gasteiger partial charge on any atom is -0.367 e. The molecular formula is C13H16ClN3. The van der Waals surface area contributed by atoms with Gasteiger partial charge < -0.3 is 5.32 Å². The van der Waals surface area contributed by atoms with E-state index in [1.54, 1.807) is 6.20 Å². The molecule has 0 aliphatic carbocycles. The number of benzene rings is 1. The van der Waals surface area contributed by atoms with E-state index in [1.165, 1.54) is 0 Å². The molecule has 1 heterocycles.